The van der Waals surface area contributed by atoms with Gasteiger partial charge in [-0.2, -0.15) is 5.26 Å². The molecule has 5 nitrogen and oxygen atoms in total. The van der Waals surface area contributed by atoms with Crippen molar-refractivity contribution in [3.63, 3.8) is 0 Å². The molecule has 0 aromatic carbocycles. The molecule has 0 aromatic rings. The van der Waals surface area contributed by atoms with Crippen molar-refractivity contribution < 1.29 is 17.9 Å². The predicted molar refractivity (Wildman–Crippen MR) is 61.7 cm³/mol. The van der Waals surface area contributed by atoms with Crippen LogP contribution >= 0.6 is 0 Å². The molecule has 0 spiro atoms. The van der Waals surface area contributed by atoms with E-state index < -0.39 is 26.5 Å². The first kappa shape index (κ1) is 14.0. The van der Waals surface area contributed by atoms with Crippen LogP contribution in [-0.4, -0.2) is 32.0 Å². The summed E-state index contributed by atoms with van der Waals surface area (Å²) in [5.41, 5.74) is 0. The van der Waals surface area contributed by atoms with E-state index in [9.17, 15) is 18.5 Å². The number of hydrogen-bond donors (Lipinski definition) is 0. The first-order valence-electron chi connectivity index (χ1n) is 5.56. The maximum atomic E-state index is 11.7. The molecule has 3 atom stereocenters. The number of ether oxygens (including phenoxy) is 1. The molecule has 1 saturated carbocycles. The van der Waals surface area contributed by atoms with E-state index in [0.717, 1.165) is 6.26 Å². The summed E-state index contributed by atoms with van der Waals surface area (Å²) in [5.74, 6) is -1.24. The molecule has 1 fully saturated rings. The maximum absolute atomic E-state index is 11.7. The Hall–Kier alpha value is -1.09. The average molecular weight is 259 g/mol. The molecule has 0 N–H and O–H groups in total. The minimum absolute atomic E-state index is 0.0440. The van der Waals surface area contributed by atoms with Crippen molar-refractivity contribution >= 4 is 15.8 Å². The first-order valence-corrected chi connectivity index (χ1v) is 7.45. The summed E-state index contributed by atoms with van der Waals surface area (Å²) in [7, 11) is -3.51. The molecule has 0 aromatic heterocycles. The highest BCUT2D eigenvalue weighted by Gasteiger charge is 2.55. The van der Waals surface area contributed by atoms with E-state index in [1.165, 1.54) is 0 Å². The fourth-order valence-corrected chi connectivity index (χ4v) is 3.96. The number of nitriles is 1. The Balaban J connectivity index is 3.01. The number of rotatable bonds is 3. The van der Waals surface area contributed by atoms with Gasteiger partial charge in [0.2, 0.25) is 0 Å². The van der Waals surface area contributed by atoms with Gasteiger partial charge >= 0.3 is 5.97 Å². The van der Waals surface area contributed by atoms with Gasteiger partial charge in [-0.25, -0.2) is 8.42 Å². The van der Waals surface area contributed by atoms with Gasteiger partial charge < -0.3 is 4.74 Å². The van der Waals surface area contributed by atoms with Crippen molar-refractivity contribution in [3.8, 4) is 6.07 Å². The van der Waals surface area contributed by atoms with Gasteiger partial charge in [0.05, 0.1) is 18.6 Å². The quantitative estimate of drug-likeness (QED) is 0.703. The number of sulfone groups is 1. The van der Waals surface area contributed by atoms with E-state index in [2.05, 4.69) is 0 Å². The van der Waals surface area contributed by atoms with Crippen molar-refractivity contribution in [2.45, 2.75) is 31.4 Å². The number of nitrogens with zero attached hydrogens (tertiary/aromatic N) is 1. The van der Waals surface area contributed by atoms with Crippen LogP contribution in [0.5, 0.6) is 0 Å². The Morgan fingerprint density at radius 1 is 1.59 bits per heavy atom. The lowest BCUT2D eigenvalue weighted by Gasteiger charge is -2.23. The molecule has 0 aliphatic heterocycles. The van der Waals surface area contributed by atoms with Crippen LogP contribution in [0, 0.1) is 23.2 Å². The highest BCUT2D eigenvalue weighted by atomic mass is 32.2. The highest BCUT2D eigenvalue weighted by Crippen LogP contribution is 2.44. The van der Waals surface area contributed by atoms with E-state index >= 15 is 0 Å². The fourth-order valence-electron chi connectivity index (χ4n) is 2.46. The third-order valence-electron chi connectivity index (χ3n) is 3.45. The molecule has 0 unspecified atom stereocenters. The Bertz CT molecular complexity index is 451. The Morgan fingerprint density at radius 3 is 2.53 bits per heavy atom. The normalized spacial score (nSPS) is 33.1. The van der Waals surface area contributed by atoms with Crippen LogP contribution in [0.3, 0.4) is 0 Å². The van der Waals surface area contributed by atoms with Crippen molar-refractivity contribution in [3.05, 3.63) is 0 Å². The molecule has 0 radical (unpaired) electrons. The number of carbonyl (C=O) groups is 1. The topological polar surface area (TPSA) is 84.2 Å². The van der Waals surface area contributed by atoms with Crippen LogP contribution in [-0.2, 0) is 19.4 Å². The summed E-state index contributed by atoms with van der Waals surface area (Å²) in [5, 5.41) is 9.17. The van der Waals surface area contributed by atoms with E-state index in [0.29, 0.717) is 6.42 Å². The Kier molecular flexibility index (Phi) is 3.82. The Morgan fingerprint density at radius 2 is 2.18 bits per heavy atom. The largest absolute Gasteiger partial charge is 0.466 e. The van der Waals surface area contributed by atoms with Gasteiger partial charge in [-0.15, -0.1) is 0 Å². The van der Waals surface area contributed by atoms with Crippen LogP contribution in [0.15, 0.2) is 0 Å². The van der Waals surface area contributed by atoms with Crippen LogP contribution in [0.25, 0.3) is 0 Å². The second-order valence-corrected chi connectivity index (χ2v) is 6.84. The van der Waals surface area contributed by atoms with Gasteiger partial charge in [0.1, 0.15) is 0 Å². The van der Waals surface area contributed by atoms with Crippen molar-refractivity contribution in [2.24, 2.45) is 11.8 Å². The van der Waals surface area contributed by atoms with E-state index in [1.54, 1.807) is 13.8 Å². The molecule has 0 saturated heterocycles. The maximum Gasteiger partial charge on any atom is 0.309 e. The first-order chi connectivity index (χ1) is 7.78. The smallest absolute Gasteiger partial charge is 0.309 e. The lowest BCUT2D eigenvalue weighted by atomic mass is 9.99. The summed E-state index contributed by atoms with van der Waals surface area (Å²) in [6, 6.07) is 1.90. The van der Waals surface area contributed by atoms with Gasteiger partial charge in [0.15, 0.2) is 14.6 Å². The minimum atomic E-state index is -3.51. The van der Waals surface area contributed by atoms with E-state index in [-0.39, 0.29) is 18.9 Å². The van der Waals surface area contributed by atoms with Crippen LogP contribution < -0.4 is 0 Å². The monoisotopic (exact) mass is 259 g/mol. The molecule has 6 heteroatoms. The van der Waals surface area contributed by atoms with E-state index in [1.807, 2.05) is 6.07 Å². The molecular formula is C11H17NO4S. The van der Waals surface area contributed by atoms with Crippen molar-refractivity contribution in [1.82, 2.24) is 0 Å². The second-order valence-electron chi connectivity index (χ2n) is 4.56. The lowest BCUT2D eigenvalue weighted by Crippen LogP contribution is -2.39. The molecule has 0 heterocycles. The third-order valence-corrected chi connectivity index (χ3v) is 5.44. The molecule has 96 valence electrons. The summed E-state index contributed by atoms with van der Waals surface area (Å²) < 4.78 is 26.9. The van der Waals surface area contributed by atoms with Crippen molar-refractivity contribution in [2.75, 3.05) is 12.9 Å². The minimum Gasteiger partial charge on any atom is -0.466 e. The van der Waals surface area contributed by atoms with Gasteiger partial charge in [0, 0.05) is 6.26 Å². The predicted octanol–water partition coefficient (Wildman–Crippen LogP) is 0.903. The van der Waals surface area contributed by atoms with Crippen LogP contribution in [0.4, 0.5) is 0 Å². The number of carbonyl (C=O) groups excluding carboxylic acids is 1. The number of hydrogen-bond acceptors (Lipinski definition) is 5. The zero-order valence-electron chi connectivity index (χ0n) is 10.3. The lowest BCUT2D eigenvalue weighted by molar-refractivity contribution is -0.147. The zero-order valence-corrected chi connectivity index (χ0v) is 11.1. The third kappa shape index (κ3) is 2.29. The Labute approximate surface area is 102 Å². The highest BCUT2D eigenvalue weighted by molar-refractivity contribution is 7.92. The second kappa shape index (κ2) is 4.65. The molecule has 1 aliphatic carbocycles. The fraction of sp³-hybridized carbons (Fsp3) is 0.818. The average Bonchev–Trinajstić information content (AvgIpc) is 2.56. The van der Waals surface area contributed by atoms with Crippen LogP contribution in [0.2, 0.25) is 0 Å². The van der Waals surface area contributed by atoms with Crippen LogP contribution in [0.1, 0.15) is 26.7 Å². The van der Waals surface area contributed by atoms with Crippen molar-refractivity contribution in [1.29, 1.82) is 5.26 Å². The summed E-state index contributed by atoms with van der Waals surface area (Å²) >= 11 is 0. The summed E-state index contributed by atoms with van der Waals surface area (Å²) in [4.78, 5) is 11.6. The van der Waals surface area contributed by atoms with Gasteiger partial charge in [-0.1, -0.05) is 6.92 Å². The molecule has 1 rings (SSSR count). The molecule has 17 heavy (non-hydrogen) atoms. The SMILES string of the molecule is CCOC(=O)[C@@H]1C[C@@H](C)[C@](C#N)(S(C)(=O)=O)C1. The van der Waals surface area contributed by atoms with Gasteiger partial charge in [-0.3, -0.25) is 4.79 Å². The summed E-state index contributed by atoms with van der Waals surface area (Å²) in [6.07, 6.45) is 1.49. The number of esters is 1. The molecule has 0 amide bonds. The molecular weight excluding hydrogens is 242 g/mol. The van der Waals surface area contributed by atoms with Gasteiger partial charge in [-0.05, 0) is 25.7 Å². The zero-order chi connectivity index (χ0) is 13.3. The molecule has 0 bridgehead atoms. The van der Waals surface area contributed by atoms with Gasteiger partial charge in [0.25, 0.3) is 0 Å². The standard InChI is InChI=1S/C11H17NO4S/c1-4-16-10(13)9-5-8(2)11(6-9,7-12)17(3,14)15/h8-9H,4-6H2,1-3H3/t8-,9-,11+/m1/s1. The van der Waals surface area contributed by atoms with E-state index in [4.69, 9.17) is 4.74 Å². The summed E-state index contributed by atoms with van der Waals surface area (Å²) in [6.45, 7) is 3.66. The molecule has 1 aliphatic rings.